The Balaban J connectivity index is 2.32. The Kier molecular flexibility index (Phi) is 2.42. The van der Waals surface area contributed by atoms with Gasteiger partial charge >= 0.3 is 11.7 Å². The number of aromatic carboxylic acids is 1. The summed E-state index contributed by atoms with van der Waals surface area (Å²) in [4.78, 5) is 25.6. The van der Waals surface area contributed by atoms with Gasteiger partial charge in [-0.3, -0.25) is 0 Å². The molecular formula is C13H9N3O3. The van der Waals surface area contributed by atoms with Gasteiger partial charge in [0.1, 0.15) is 5.56 Å². The van der Waals surface area contributed by atoms with Crippen LogP contribution < -0.4 is 5.69 Å². The Morgan fingerprint density at radius 2 is 2.00 bits per heavy atom. The third-order valence-corrected chi connectivity index (χ3v) is 2.84. The van der Waals surface area contributed by atoms with Gasteiger partial charge in [-0.15, -0.1) is 0 Å². The van der Waals surface area contributed by atoms with E-state index in [1.54, 1.807) is 6.07 Å². The van der Waals surface area contributed by atoms with Crippen LogP contribution in [0.4, 0.5) is 0 Å². The SMILES string of the molecule is O=C(O)c1cnn2c(=O)[nH]c(-c3ccccc3)cc12. The van der Waals surface area contributed by atoms with E-state index in [9.17, 15) is 9.59 Å². The zero-order valence-electron chi connectivity index (χ0n) is 9.70. The molecule has 94 valence electrons. The van der Waals surface area contributed by atoms with Crippen molar-refractivity contribution in [3.8, 4) is 11.3 Å². The first-order valence-electron chi connectivity index (χ1n) is 5.56. The summed E-state index contributed by atoms with van der Waals surface area (Å²) >= 11 is 0. The van der Waals surface area contributed by atoms with Gasteiger partial charge in [0.25, 0.3) is 0 Å². The highest BCUT2D eigenvalue weighted by molar-refractivity contribution is 5.95. The molecule has 6 heteroatoms. The number of hydrogen-bond acceptors (Lipinski definition) is 3. The fourth-order valence-electron chi connectivity index (χ4n) is 1.94. The highest BCUT2D eigenvalue weighted by atomic mass is 16.4. The Morgan fingerprint density at radius 1 is 1.26 bits per heavy atom. The van der Waals surface area contributed by atoms with Crippen molar-refractivity contribution in [2.45, 2.75) is 0 Å². The van der Waals surface area contributed by atoms with Crippen LogP contribution in [0, 0.1) is 0 Å². The maximum atomic E-state index is 11.9. The summed E-state index contributed by atoms with van der Waals surface area (Å²) in [6, 6.07) is 10.8. The van der Waals surface area contributed by atoms with Gasteiger partial charge in [0.2, 0.25) is 0 Å². The number of carboxylic acids is 1. The number of nitrogens with zero attached hydrogens (tertiary/aromatic N) is 2. The van der Waals surface area contributed by atoms with Crippen LogP contribution in [-0.2, 0) is 0 Å². The number of carboxylic acid groups (broad SMARTS) is 1. The normalized spacial score (nSPS) is 10.7. The van der Waals surface area contributed by atoms with Crippen LogP contribution >= 0.6 is 0 Å². The van der Waals surface area contributed by atoms with Crippen LogP contribution in [0.25, 0.3) is 16.8 Å². The van der Waals surface area contributed by atoms with E-state index in [0.29, 0.717) is 5.69 Å². The summed E-state index contributed by atoms with van der Waals surface area (Å²) in [6.45, 7) is 0. The highest BCUT2D eigenvalue weighted by Gasteiger charge is 2.14. The molecule has 2 N–H and O–H groups in total. The predicted molar refractivity (Wildman–Crippen MR) is 68.2 cm³/mol. The van der Waals surface area contributed by atoms with Crippen molar-refractivity contribution in [2.75, 3.05) is 0 Å². The maximum Gasteiger partial charge on any atom is 0.347 e. The highest BCUT2D eigenvalue weighted by Crippen LogP contribution is 2.18. The first-order valence-corrected chi connectivity index (χ1v) is 5.56. The molecule has 19 heavy (non-hydrogen) atoms. The second-order valence-corrected chi connectivity index (χ2v) is 4.01. The van der Waals surface area contributed by atoms with Crippen molar-refractivity contribution in [3.05, 3.63) is 58.6 Å². The first-order chi connectivity index (χ1) is 9.16. The van der Waals surface area contributed by atoms with Gasteiger partial charge in [-0.25, -0.2) is 9.59 Å². The number of fused-ring (bicyclic) bond motifs is 1. The number of aromatic nitrogens is 3. The standard InChI is InChI=1S/C13H9N3O3/c17-12(18)9-7-14-16-11(9)6-10(15-13(16)19)8-4-2-1-3-5-8/h1-7H,(H,15,19)(H,17,18). The number of rotatable bonds is 2. The molecule has 0 bridgehead atoms. The summed E-state index contributed by atoms with van der Waals surface area (Å²) in [5.74, 6) is -1.11. The third kappa shape index (κ3) is 1.79. The largest absolute Gasteiger partial charge is 0.478 e. The summed E-state index contributed by atoms with van der Waals surface area (Å²) in [6.07, 6.45) is 1.17. The number of H-pyrrole nitrogens is 1. The molecule has 0 spiro atoms. The molecule has 0 aliphatic rings. The molecule has 2 heterocycles. The van der Waals surface area contributed by atoms with E-state index in [4.69, 9.17) is 5.11 Å². The minimum Gasteiger partial charge on any atom is -0.478 e. The molecule has 0 amide bonds. The van der Waals surface area contributed by atoms with Crippen molar-refractivity contribution in [3.63, 3.8) is 0 Å². The van der Waals surface area contributed by atoms with E-state index in [2.05, 4.69) is 10.1 Å². The molecule has 3 aromatic rings. The molecule has 0 atom stereocenters. The minimum atomic E-state index is -1.11. The molecule has 0 saturated carbocycles. The smallest absolute Gasteiger partial charge is 0.347 e. The fraction of sp³-hybridized carbons (Fsp3) is 0. The zero-order valence-corrected chi connectivity index (χ0v) is 9.70. The quantitative estimate of drug-likeness (QED) is 0.724. The van der Waals surface area contributed by atoms with Gasteiger partial charge in [-0.05, 0) is 11.6 Å². The monoisotopic (exact) mass is 255 g/mol. The van der Waals surface area contributed by atoms with Crippen molar-refractivity contribution in [2.24, 2.45) is 0 Å². The number of aromatic amines is 1. The predicted octanol–water partition coefficient (Wildman–Crippen LogP) is 1.39. The molecule has 0 saturated heterocycles. The molecule has 2 aromatic heterocycles. The van der Waals surface area contributed by atoms with Crippen LogP contribution in [-0.4, -0.2) is 25.7 Å². The van der Waals surface area contributed by atoms with E-state index in [1.165, 1.54) is 6.20 Å². The molecule has 3 rings (SSSR count). The van der Waals surface area contributed by atoms with Crippen LogP contribution in [0.2, 0.25) is 0 Å². The van der Waals surface area contributed by atoms with Crippen molar-refractivity contribution in [1.29, 1.82) is 0 Å². The topological polar surface area (TPSA) is 87.5 Å². The lowest BCUT2D eigenvalue weighted by molar-refractivity contribution is 0.0699. The van der Waals surface area contributed by atoms with Gasteiger partial charge in [0.05, 0.1) is 17.4 Å². The first kappa shape index (κ1) is 11.2. The molecule has 0 unspecified atom stereocenters. The van der Waals surface area contributed by atoms with Gasteiger partial charge in [-0.1, -0.05) is 30.3 Å². The second-order valence-electron chi connectivity index (χ2n) is 4.01. The number of carbonyl (C=O) groups is 1. The summed E-state index contributed by atoms with van der Waals surface area (Å²) in [5.41, 5.74) is 1.17. The summed E-state index contributed by atoms with van der Waals surface area (Å²) < 4.78 is 1.04. The van der Waals surface area contributed by atoms with Crippen molar-refractivity contribution < 1.29 is 9.90 Å². The Labute approximate surface area is 106 Å². The van der Waals surface area contributed by atoms with Gasteiger partial charge in [0.15, 0.2) is 0 Å². The summed E-state index contributed by atoms with van der Waals surface area (Å²) in [5, 5.41) is 12.8. The Bertz CT molecular complexity index is 818. The van der Waals surface area contributed by atoms with E-state index in [1.807, 2.05) is 30.3 Å². The molecule has 0 radical (unpaired) electrons. The van der Waals surface area contributed by atoms with E-state index >= 15 is 0 Å². The van der Waals surface area contributed by atoms with E-state index < -0.39 is 11.7 Å². The molecule has 6 nitrogen and oxygen atoms in total. The minimum absolute atomic E-state index is 0.00304. The molecular weight excluding hydrogens is 246 g/mol. The number of hydrogen-bond donors (Lipinski definition) is 2. The van der Waals surface area contributed by atoms with Crippen LogP contribution in [0.1, 0.15) is 10.4 Å². The third-order valence-electron chi connectivity index (χ3n) is 2.84. The molecule has 0 fully saturated rings. The fourth-order valence-corrected chi connectivity index (χ4v) is 1.94. The average Bonchev–Trinajstić information content (AvgIpc) is 2.84. The van der Waals surface area contributed by atoms with Crippen LogP contribution in [0.5, 0.6) is 0 Å². The lowest BCUT2D eigenvalue weighted by Gasteiger charge is -2.02. The van der Waals surface area contributed by atoms with Crippen molar-refractivity contribution >= 4 is 11.5 Å². The Hall–Kier alpha value is -2.89. The van der Waals surface area contributed by atoms with Crippen molar-refractivity contribution in [1.82, 2.24) is 14.6 Å². The number of benzene rings is 1. The van der Waals surface area contributed by atoms with Gasteiger partial charge in [0, 0.05) is 0 Å². The van der Waals surface area contributed by atoms with Gasteiger partial charge in [-0.2, -0.15) is 9.61 Å². The van der Waals surface area contributed by atoms with E-state index in [-0.39, 0.29) is 11.1 Å². The lowest BCUT2D eigenvalue weighted by atomic mass is 10.1. The van der Waals surface area contributed by atoms with Crippen LogP contribution in [0.3, 0.4) is 0 Å². The zero-order chi connectivity index (χ0) is 13.4. The van der Waals surface area contributed by atoms with E-state index in [0.717, 1.165) is 10.1 Å². The van der Waals surface area contributed by atoms with Crippen LogP contribution in [0.15, 0.2) is 47.4 Å². The molecule has 0 aliphatic heterocycles. The second kappa shape index (κ2) is 4.09. The van der Waals surface area contributed by atoms with Gasteiger partial charge < -0.3 is 10.1 Å². The maximum absolute atomic E-state index is 11.9. The lowest BCUT2D eigenvalue weighted by Crippen LogP contribution is -2.18. The molecule has 1 aromatic carbocycles. The average molecular weight is 255 g/mol. The summed E-state index contributed by atoms with van der Waals surface area (Å²) in [7, 11) is 0. The number of nitrogens with one attached hydrogen (secondary N) is 1. The molecule has 0 aliphatic carbocycles. The Morgan fingerprint density at radius 3 is 2.68 bits per heavy atom.